The number of hydrogen-bond acceptors (Lipinski definition) is 5. The van der Waals surface area contributed by atoms with Crippen LogP contribution in [0.2, 0.25) is 10.2 Å². The van der Waals surface area contributed by atoms with Gasteiger partial charge in [0.05, 0.1) is 51.1 Å². The molecule has 4 heterocycles. The number of aryl methyl sites for hydroxylation is 1. The van der Waals surface area contributed by atoms with Crippen molar-refractivity contribution < 1.29 is 13.5 Å². The van der Waals surface area contributed by atoms with Crippen LogP contribution >= 0.6 is 23.2 Å². The molecule has 208 valence electrons. The Hall–Kier alpha value is -4.92. The Balaban J connectivity index is 1.41. The highest BCUT2D eigenvalue weighted by molar-refractivity contribution is 6.31. The summed E-state index contributed by atoms with van der Waals surface area (Å²) < 4.78 is 33.9. The number of aromatic amines is 1. The maximum absolute atomic E-state index is 15.4. The predicted octanol–water partition coefficient (Wildman–Crippen LogP) is 5.63. The minimum Gasteiger partial charge on any atom is -0.266 e. The fourth-order valence-electron chi connectivity index (χ4n) is 4.83. The van der Waals surface area contributed by atoms with Crippen molar-refractivity contribution in [3.8, 4) is 34.1 Å². The SMILES string of the molecule is Cn1ncc(C#N)c1-c1cnn([C@H](Cc2ccc(F)cc2)c2ccc(-c3c(-[n+]4cc(Cl)n[nH]4)ccc(Cl)c3F)cn2)c1. The summed E-state index contributed by atoms with van der Waals surface area (Å²) in [6, 6.07) is 14.6. The molecule has 1 N–H and O–H groups in total. The van der Waals surface area contributed by atoms with Crippen molar-refractivity contribution in [1.29, 1.82) is 5.26 Å². The van der Waals surface area contributed by atoms with Gasteiger partial charge >= 0.3 is 5.15 Å². The molecule has 0 spiro atoms. The van der Waals surface area contributed by atoms with E-state index in [0.29, 0.717) is 40.2 Å². The Kier molecular flexibility index (Phi) is 7.24. The number of benzene rings is 2. The molecular formula is C29H20Cl2F2N9+. The lowest BCUT2D eigenvalue weighted by molar-refractivity contribution is -0.659. The van der Waals surface area contributed by atoms with Crippen LogP contribution in [0.15, 0.2) is 79.5 Å². The molecule has 0 amide bonds. The number of rotatable bonds is 7. The predicted molar refractivity (Wildman–Crippen MR) is 151 cm³/mol. The van der Waals surface area contributed by atoms with Crippen LogP contribution in [0.4, 0.5) is 8.78 Å². The molecule has 6 rings (SSSR count). The van der Waals surface area contributed by atoms with E-state index in [1.54, 1.807) is 59.1 Å². The van der Waals surface area contributed by atoms with Crippen LogP contribution in [0.25, 0.3) is 28.1 Å². The van der Waals surface area contributed by atoms with Crippen molar-refractivity contribution in [3.63, 3.8) is 0 Å². The topological polar surface area (TPSA) is 105 Å². The third-order valence-electron chi connectivity index (χ3n) is 6.84. The van der Waals surface area contributed by atoms with E-state index in [4.69, 9.17) is 28.2 Å². The molecule has 0 saturated heterocycles. The van der Waals surface area contributed by atoms with Crippen LogP contribution in [0.5, 0.6) is 0 Å². The van der Waals surface area contributed by atoms with Crippen molar-refractivity contribution in [1.82, 2.24) is 34.9 Å². The number of nitrogens with one attached hydrogen (secondary N) is 1. The number of nitrogens with zero attached hydrogens (tertiary/aromatic N) is 8. The van der Waals surface area contributed by atoms with Crippen LogP contribution in [0.3, 0.4) is 0 Å². The Bertz CT molecular complexity index is 1940. The first-order chi connectivity index (χ1) is 20.3. The number of hydrogen-bond donors (Lipinski definition) is 1. The summed E-state index contributed by atoms with van der Waals surface area (Å²) in [4.78, 5) is 4.70. The van der Waals surface area contributed by atoms with Gasteiger partial charge in [-0.3, -0.25) is 14.3 Å². The average Bonchev–Trinajstić information content (AvgIpc) is 3.74. The van der Waals surface area contributed by atoms with Crippen molar-refractivity contribution in [2.45, 2.75) is 12.5 Å². The van der Waals surface area contributed by atoms with Crippen molar-refractivity contribution in [2.24, 2.45) is 7.05 Å². The van der Waals surface area contributed by atoms with E-state index in [2.05, 4.69) is 26.6 Å². The summed E-state index contributed by atoms with van der Waals surface area (Å²) in [5, 5.41) is 25.1. The van der Waals surface area contributed by atoms with E-state index in [9.17, 15) is 9.65 Å². The highest BCUT2D eigenvalue weighted by Gasteiger charge is 2.24. The van der Waals surface area contributed by atoms with Gasteiger partial charge in [0.15, 0.2) is 17.7 Å². The number of halogens is 4. The van der Waals surface area contributed by atoms with E-state index in [-0.39, 0.29) is 21.6 Å². The van der Waals surface area contributed by atoms with Gasteiger partial charge in [0.1, 0.15) is 11.9 Å². The molecule has 0 radical (unpaired) electrons. The van der Waals surface area contributed by atoms with Crippen LogP contribution in [0.1, 0.15) is 22.9 Å². The molecule has 13 heteroatoms. The van der Waals surface area contributed by atoms with Crippen LogP contribution in [0, 0.1) is 23.0 Å². The van der Waals surface area contributed by atoms with Crippen LogP contribution in [-0.4, -0.2) is 34.9 Å². The van der Waals surface area contributed by atoms with Crippen molar-refractivity contribution in [2.75, 3.05) is 0 Å². The molecule has 0 unspecified atom stereocenters. The molecule has 9 nitrogen and oxygen atoms in total. The molecule has 0 bridgehead atoms. The van der Waals surface area contributed by atoms with E-state index >= 15 is 4.39 Å². The molecule has 1 atom stereocenters. The molecule has 0 aliphatic heterocycles. The van der Waals surface area contributed by atoms with E-state index in [1.165, 1.54) is 35.3 Å². The van der Waals surface area contributed by atoms with Crippen LogP contribution < -0.4 is 4.68 Å². The maximum Gasteiger partial charge on any atom is 0.308 e. The molecular weight excluding hydrogens is 583 g/mol. The normalized spacial score (nSPS) is 11.9. The first-order valence-corrected chi connectivity index (χ1v) is 13.4. The van der Waals surface area contributed by atoms with E-state index in [1.807, 2.05) is 6.20 Å². The fraction of sp³-hybridized carbons (Fsp3) is 0.103. The highest BCUT2D eigenvalue weighted by atomic mass is 35.5. The van der Waals surface area contributed by atoms with Gasteiger partial charge in [-0.15, -0.1) is 4.68 Å². The summed E-state index contributed by atoms with van der Waals surface area (Å²) in [6.07, 6.45) is 8.48. The minimum absolute atomic E-state index is 0.0470. The maximum atomic E-state index is 15.4. The molecule has 0 aliphatic rings. The zero-order chi connectivity index (χ0) is 29.4. The Morgan fingerprint density at radius 1 is 1.00 bits per heavy atom. The molecule has 6 aromatic rings. The molecule has 42 heavy (non-hydrogen) atoms. The standard InChI is InChI=1S/C29H19Cl2F2N9/c1-40-29(19(11-34)13-36-40)20-14-37-41(15-20)25(10-17-2-5-21(32)6-3-17)23-8-4-18(12-35-23)27-24(9-7-22(30)28(27)33)42-16-26(31)38-39-42/h2-9,12-16,25H,10H2,1H3/p+1/t25-/m1/s1. The largest absolute Gasteiger partial charge is 0.308 e. The third kappa shape index (κ3) is 5.13. The summed E-state index contributed by atoms with van der Waals surface area (Å²) >= 11 is 12.1. The lowest BCUT2D eigenvalue weighted by Gasteiger charge is -2.18. The minimum atomic E-state index is -0.619. The number of pyridine rings is 1. The summed E-state index contributed by atoms with van der Waals surface area (Å²) in [7, 11) is 1.75. The number of nitriles is 1. The number of aromatic nitrogens is 8. The first kappa shape index (κ1) is 27.3. The zero-order valence-electron chi connectivity index (χ0n) is 21.9. The second-order valence-electron chi connectivity index (χ2n) is 9.46. The summed E-state index contributed by atoms with van der Waals surface area (Å²) in [6.45, 7) is 0. The Morgan fingerprint density at radius 3 is 2.50 bits per heavy atom. The lowest BCUT2D eigenvalue weighted by atomic mass is 10.00. The van der Waals surface area contributed by atoms with Gasteiger partial charge in [0.25, 0.3) is 0 Å². The molecule has 0 aliphatic carbocycles. The van der Waals surface area contributed by atoms with Crippen LogP contribution in [-0.2, 0) is 13.5 Å². The van der Waals surface area contributed by atoms with Gasteiger partial charge in [-0.1, -0.05) is 35.0 Å². The summed E-state index contributed by atoms with van der Waals surface area (Å²) in [5.74, 6) is -0.957. The smallest absolute Gasteiger partial charge is 0.266 e. The fourth-order valence-corrected chi connectivity index (χ4v) is 5.12. The molecule has 2 aromatic carbocycles. The van der Waals surface area contributed by atoms with Crippen molar-refractivity contribution in [3.05, 3.63) is 118 Å². The van der Waals surface area contributed by atoms with E-state index < -0.39 is 11.9 Å². The molecule has 0 fully saturated rings. The van der Waals surface area contributed by atoms with E-state index in [0.717, 1.165) is 5.56 Å². The van der Waals surface area contributed by atoms with Gasteiger partial charge in [-0.25, -0.2) is 8.78 Å². The number of H-pyrrole nitrogens is 1. The zero-order valence-corrected chi connectivity index (χ0v) is 23.4. The molecule has 4 aromatic heterocycles. The summed E-state index contributed by atoms with van der Waals surface area (Å²) in [5.41, 5.74) is 4.37. The first-order valence-electron chi connectivity index (χ1n) is 12.6. The highest BCUT2D eigenvalue weighted by Crippen LogP contribution is 2.33. The second kappa shape index (κ2) is 11.2. The monoisotopic (exact) mass is 602 g/mol. The second-order valence-corrected chi connectivity index (χ2v) is 10.3. The van der Waals surface area contributed by atoms with Gasteiger partial charge in [0.2, 0.25) is 0 Å². The van der Waals surface area contributed by atoms with Gasteiger partial charge < -0.3 is 0 Å². The quantitative estimate of drug-likeness (QED) is 0.238. The Morgan fingerprint density at radius 2 is 1.81 bits per heavy atom. The average molecular weight is 603 g/mol. The van der Waals surface area contributed by atoms with Gasteiger partial charge in [0, 0.05) is 37.0 Å². The molecule has 0 saturated carbocycles. The van der Waals surface area contributed by atoms with Crippen molar-refractivity contribution >= 4 is 23.2 Å². The van der Waals surface area contributed by atoms with Gasteiger partial charge in [-0.05, 0) is 47.5 Å². The van der Waals surface area contributed by atoms with Gasteiger partial charge in [-0.2, -0.15) is 15.5 Å². The lowest BCUT2D eigenvalue weighted by Crippen LogP contribution is -2.33. The Labute approximate surface area is 248 Å². The third-order valence-corrected chi connectivity index (χ3v) is 7.32.